The molecule has 4 rings (SSSR count). The normalized spacial score (nSPS) is 17.0. The lowest BCUT2D eigenvalue weighted by atomic mass is 10.1. The first-order valence-corrected chi connectivity index (χ1v) is 8.79. The second-order valence-electron chi connectivity index (χ2n) is 5.35. The molecule has 24 heavy (non-hydrogen) atoms. The fourth-order valence-corrected chi connectivity index (χ4v) is 3.93. The van der Waals surface area contributed by atoms with Gasteiger partial charge in [-0.3, -0.25) is 14.3 Å². The van der Waals surface area contributed by atoms with E-state index in [2.05, 4.69) is 15.3 Å². The lowest BCUT2D eigenvalue weighted by molar-refractivity contribution is -0.113. The van der Waals surface area contributed by atoms with Gasteiger partial charge in [0, 0.05) is 23.1 Å². The van der Waals surface area contributed by atoms with E-state index in [1.807, 2.05) is 47.2 Å². The molecule has 0 unspecified atom stereocenters. The maximum atomic E-state index is 12.0. The molecule has 0 fully saturated rings. The third-order valence-electron chi connectivity index (χ3n) is 3.78. The average Bonchev–Trinajstić information content (AvgIpc) is 2.92. The zero-order valence-electron chi connectivity index (χ0n) is 12.5. The van der Waals surface area contributed by atoms with Gasteiger partial charge in [0.1, 0.15) is 6.33 Å². The van der Waals surface area contributed by atoms with Gasteiger partial charge in [-0.05, 0) is 35.9 Å². The number of imidazole rings is 1. The number of pyridine rings is 1. The predicted molar refractivity (Wildman–Crippen MR) is 95.7 cm³/mol. The Bertz CT molecular complexity index is 879. The van der Waals surface area contributed by atoms with Gasteiger partial charge in [-0.25, -0.2) is 4.98 Å². The second-order valence-corrected chi connectivity index (χ2v) is 6.88. The standard InChI is InChI=1S/C17H13ClN4OS/c18-12-3-5-13(6-4-12)22-10-20-17-15(22)16(24-9-14(23)21-17)11-2-1-7-19-8-11/h1-8,10,16H,9H2,(H,21,23)/t16-/m1/s1. The summed E-state index contributed by atoms with van der Waals surface area (Å²) in [5, 5.41) is 3.53. The molecule has 3 aromatic rings. The topological polar surface area (TPSA) is 59.8 Å². The zero-order chi connectivity index (χ0) is 16.5. The molecular formula is C17H13ClN4OS. The summed E-state index contributed by atoms with van der Waals surface area (Å²) in [7, 11) is 0. The Morgan fingerprint density at radius 3 is 2.83 bits per heavy atom. The average molecular weight is 357 g/mol. The monoisotopic (exact) mass is 356 g/mol. The van der Waals surface area contributed by atoms with Crippen LogP contribution in [0.15, 0.2) is 55.1 Å². The van der Waals surface area contributed by atoms with Crippen LogP contribution >= 0.6 is 23.4 Å². The molecule has 1 atom stereocenters. The molecule has 7 heteroatoms. The molecule has 1 aliphatic rings. The molecule has 1 N–H and O–H groups in total. The van der Waals surface area contributed by atoms with Crippen molar-refractivity contribution in [1.82, 2.24) is 14.5 Å². The summed E-state index contributed by atoms with van der Waals surface area (Å²) < 4.78 is 1.99. The molecule has 120 valence electrons. The van der Waals surface area contributed by atoms with E-state index in [0.29, 0.717) is 16.6 Å². The predicted octanol–water partition coefficient (Wildman–Crippen LogP) is 3.70. The number of thioether (sulfide) groups is 1. The van der Waals surface area contributed by atoms with Crippen molar-refractivity contribution in [2.75, 3.05) is 11.1 Å². The molecule has 0 radical (unpaired) electrons. The first-order valence-electron chi connectivity index (χ1n) is 7.37. The van der Waals surface area contributed by atoms with Crippen LogP contribution in [0.4, 0.5) is 5.82 Å². The highest BCUT2D eigenvalue weighted by molar-refractivity contribution is 8.00. The summed E-state index contributed by atoms with van der Waals surface area (Å²) in [6.45, 7) is 0. The Balaban J connectivity index is 1.87. The molecule has 1 amide bonds. The third-order valence-corrected chi connectivity index (χ3v) is 5.29. The second kappa shape index (κ2) is 6.30. The number of fused-ring (bicyclic) bond motifs is 1. The van der Waals surface area contributed by atoms with Crippen LogP contribution < -0.4 is 5.32 Å². The van der Waals surface area contributed by atoms with Crippen LogP contribution in [-0.2, 0) is 4.79 Å². The molecule has 0 spiro atoms. The van der Waals surface area contributed by atoms with Crippen molar-refractivity contribution in [1.29, 1.82) is 0 Å². The molecule has 0 bridgehead atoms. The highest BCUT2D eigenvalue weighted by Crippen LogP contribution is 2.41. The van der Waals surface area contributed by atoms with Gasteiger partial charge >= 0.3 is 0 Å². The number of benzene rings is 1. The number of hydrogen-bond acceptors (Lipinski definition) is 4. The Morgan fingerprint density at radius 1 is 1.25 bits per heavy atom. The first-order chi connectivity index (χ1) is 11.7. The first kappa shape index (κ1) is 15.2. The summed E-state index contributed by atoms with van der Waals surface area (Å²) in [6.07, 6.45) is 5.30. The number of halogens is 1. The molecule has 0 saturated heterocycles. The SMILES string of the molecule is O=C1CS[C@H](c2cccnc2)c2c(ncn2-c2ccc(Cl)cc2)N1. The van der Waals surface area contributed by atoms with Crippen LogP contribution in [0, 0.1) is 0 Å². The van der Waals surface area contributed by atoms with Gasteiger partial charge < -0.3 is 5.32 Å². The van der Waals surface area contributed by atoms with Gasteiger partial charge in [0.25, 0.3) is 0 Å². The lowest BCUT2D eigenvalue weighted by Gasteiger charge is -2.17. The van der Waals surface area contributed by atoms with Gasteiger partial charge in [0.05, 0.1) is 16.7 Å². The zero-order valence-corrected chi connectivity index (χ0v) is 14.1. The smallest absolute Gasteiger partial charge is 0.235 e. The summed E-state index contributed by atoms with van der Waals surface area (Å²) >= 11 is 7.56. The number of nitrogens with zero attached hydrogens (tertiary/aromatic N) is 3. The van der Waals surface area contributed by atoms with Crippen molar-refractivity contribution in [3.8, 4) is 5.69 Å². The molecular weight excluding hydrogens is 344 g/mol. The van der Waals surface area contributed by atoms with Crippen molar-refractivity contribution in [3.05, 3.63) is 71.4 Å². The number of rotatable bonds is 2. The minimum atomic E-state index is -0.0472. The van der Waals surface area contributed by atoms with E-state index in [4.69, 9.17) is 11.6 Å². The summed E-state index contributed by atoms with van der Waals surface area (Å²) in [4.78, 5) is 20.6. The van der Waals surface area contributed by atoms with E-state index < -0.39 is 0 Å². The third kappa shape index (κ3) is 2.79. The van der Waals surface area contributed by atoms with Crippen LogP contribution in [0.1, 0.15) is 16.5 Å². The molecule has 1 aliphatic heterocycles. The molecule has 2 aromatic heterocycles. The van der Waals surface area contributed by atoms with E-state index in [-0.39, 0.29) is 11.2 Å². The van der Waals surface area contributed by atoms with Gasteiger partial charge in [-0.1, -0.05) is 17.7 Å². The summed E-state index contributed by atoms with van der Waals surface area (Å²) in [5.74, 6) is 0.916. The van der Waals surface area contributed by atoms with Crippen LogP contribution in [0.3, 0.4) is 0 Å². The minimum Gasteiger partial charge on any atom is -0.308 e. The highest BCUT2D eigenvalue weighted by Gasteiger charge is 2.29. The maximum absolute atomic E-state index is 12.0. The van der Waals surface area contributed by atoms with Crippen molar-refractivity contribution in [2.24, 2.45) is 0 Å². The molecule has 3 heterocycles. The van der Waals surface area contributed by atoms with Crippen molar-refractivity contribution in [2.45, 2.75) is 5.25 Å². The number of hydrogen-bond donors (Lipinski definition) is 1. The van der Waals surface area contributed by atoms with Crippen LogP contribution in [0.25, 0.3) is 5.69 Å². The lowest BCUT2D eigenvalue weighted by Crippen LogP contribution is -2.12. The van der Waals surface area contributed by atoms with E-state index in [1.165, 1.54) is 0 Å². The maximum Gasteiger partial charge on any atom is 0.235 e. The number of aromatic nitrogens is 3. The fraction of sp³-hybridized carbons (Fsp3) is 0.118. The number of carbonyl (C=O) groups excluding carboxylic acids is 1. The fourth-order valence-electron chi connectivity index (χ4n) is 2.70. The van der Waals surface area contributed by atoms with Crippen LogP contribution in [0.5, 0.6) is 0 Å². The molecule has 0 saturated carbocycles. The Kier molecular flexibility index (Phi) is 4.00. The molecule has 0 aliphatic carbocycles. The quantitative estimate of drug-likeness (QED) is 0.760. The largest absolute Gasteiger partial charge is 0.308 e. The number of carbonyl (C=O) groups is 1. The Morgan fingerprint density at radius 2 is 2.08 bits per heavy atom. The van der Waals surface area contributed by atoms with Gasteiger partial charge in [0.2, 0.25) is 5.91 Å². The van der Waals surface area contributed by atoms with Gasteiger partial charge in [-0.15, -0.1) is 11.8 Å². The summed E-state index contributed by atoms with van der Waals surface area (Å²) in [6, 6.07) is 11.5. The van der Waals surface area contributed by atoms with Crippen molar-refractivity contribution >= 4 is 35.1 Å². The van der Waals surface area contributed by atoms with E-state index in [9.17, 15) is 4.79 Å². The highest BCUT2D eigenvalue weighted by atomic mass is 35.5. The number of nitrogens with one attached hydrogen (secondary N) is 1. The van der Waals surface area contributed by atoms with Gasteiger partial charge in [-0.2, -0.15) is 0 Å². The number of amides is 1. The van der Waals surface area contributed by atoms with Gasteiger partial charge in [0.15, 0.2) is 5.82 Å². The van der Waals surface area contributed by atoms with E-state index in [0.717, 1.165) is 16.9 Å². The minimum absolute atomic E-state index is 0.0363. The number of anilines is 1. The molecule has 1 aromatic carbocycles. The summed E-state index contributed by atoms with van der Waals surface area (Å²) in [5.41, 5.74) is 2.91. The van der Waals surface area contributed by atoms with Crippen LogP contribution in [0.2, 0.25) is 5.02 Å². The Labute approximate surface area is 148 Å². The van der Waals surface area contributed by atoms with E-state index in [1.54, 1.807) is 24.3 Å². The Hall–Kier alpha value is -2.31. The van der Waals surface area contributed by atoms with Crippen molar-refractivity contribution in [3.63, 3.8) is 0 Å². The molecule has 5 nitrogen and oxygen atoms in total. The van der Waals surface area contributed by atoms with Crippen LogP contribution in [-0.4, -0.2) is 26.2 Å². The van der Waals surface area contributed by atoms with E-state index >= 15 is 0 Å². The van der Waals surface area contributed by atoms with Crippen molar-refractivity contribution < 1.29 is 4.79 Å².